The molecule has 0 saturated heterocycles. The Balaban J connectivity index is 2.02. The van der Waals surface area contributed by atoms with Gasteiger partial charge in [0.25, 0.3) is 0 Å². The maximum absolute atomic E-state index is 11.6. The van der Waals surface area contributed by atoms with Gasteiger partial charge in [-0.2, -0.15) is 0 Å². The molecule has 1 N–H and O–H groups in total. The number of aromatic nitrogens is 1. The normalized spacial score (nSPS) is 10.6. The molecule has 0 bridgehead atoms. The minimum Gasteiger partial charge on any atom is -0.496 e. The summed E-state index contributed by atoms with van der Waals surface area (Å²) in [6.45, 7) is 0. The molecule has 1 aromatic carbocycles. The van der Waals surface area contributed by atoms with Gasteiger partial charge in [0.05, 0.1) is 11.6 Å². The highest BCUT2D eigenvalue weighted by Crippen LogP contribution is 2.25. The fourth-order valence-corrected chi connectivity index (χ4v) is 2.48. The van der Waals surface area contributed by atoms with E-state index >= 15 is 0 Å². The molecule has 0 atom stereocenters. The van der Waals surface area contributed by atoms with E-state index in [1.54, 1.807) is 24.8 Å². The number of hydrogen-bond donors (Lipinski definition) is 1. The third-order valence-electron chi connectivity index (χ3n) is 2.27. The molecule has 0 unspecified atom stereocenters. The summed E-state index contributed by atoms with van der Waals surface area (Å²) >= 11 is 4.77. The number of rotatable bonds is 4. The zero-order chi connectivity index (χ0) is 13.7. The number of halogens is 1. The highest BCUT2D eigenvalue weighted by molar-refractivity contribution is 9.10. The topological polar surface area (TPSA) is 51.2 Å². The van der Waals surface area contributed by atoms with Crippen molar-refractivity contribution in [2.24, 2.45) is 0 Å². The second-order valence-corrected chi connectivity index (χ2v) is 5.30. The molecule has 1 amide bonds. The van der Waals surface area contributed by atoms with Gasteiger partial charge in [0, 0.05) is 17.7 Å². The van der Waals surface area contributed by atoms with Crippen molar-refractivity contribution in [1.29, 1.82) is 0 Å². The second kappa shape index (κ2) is 6.49. The molecule has 0 spiro atoms. The van der Waals surface area contributed by atoms with Crippen LogP contribution >= 0.6 is 27.3 Å². The van der Waals surface area contributed by atoms with E-state index in [0.29, 0.717) is 5.13 Å². The fraction of sp³-hybridized carbons (Fsp3) is 0.0769. The number of hydrogen-bond acceptors (Lipinski definition) is 4. The lowest BCUT2D eigenvalue weighted by atomic mass is 10.2. The molecule has 0 saturated carbocycles. The molecule has 19 heavy (non-hydrogen) atoms. The summed E-state index contributed by atoms with van der Waals surface area (Å²) in [6, 6.07) is 5.59. The van der Waals surface area contributed by atoms with Crippen LogP contribution in [0.25, 0.3) is 6.08 Å². The van der Waals surface area contributed by atoms with Crippen LogP contribution in [0.4, 0.5) is 5.13 Å². The van der Waals surface area contributed by atoms with Gasteiger partial charge in [0.2, 0.25) is 5.91 Å². The molecule has 0 aliphatic carbocycles. The highest BCUT2D eigenvalue weighted by Gasteiger charge is 2.01. The van der Waals surface area contributed by atoms with Crippen LogP contribution in [0.15, 0.2) is 40.3 Å². The van der Waals surface area contributed by atoms with E-state index in [2.05, 4.69) is 26.2 Å². The summed E-state index contributed by atoms with van der Waals surface area (Å²) in [7, 11) is 1.61. The number of carbonyl (C=O) groups is 1. The van der Waals surface area contributed by atoms with E-state index in [0.717, 1.165) is 15.8 Å². The highest BCUT2D eigenvalue weighted by atomic mass is 79.9. The number of carbonyl (C=O) groups excluding carboxylic acids is 1. The van der Waals surface area contributed by atoms with Gasteiger partial charge in [-0.3, -0.25) is 10.1 Å². The van der Waals surface area contributed by atoms with Crippen molar-refractivity contribution in [2.45, 2.75) is 0 Å². The van der Waals surface area contributed by atoms with E-state index in [1.165, 1.54) is 17.4 Å². The van der Waals surface area contributed by atoms with Crippen molar-refractivity contribution < 1.29 is 9.53 Å². The lowest BCUT2D eigenvalue weighted by molar-refractivity contribution is -0.111. The minimum absolute atomic E-state index is 0.207. The Morgan fingerprint density at radius 3 is 3.00 bits per heavy atom. The van der Waals surface area contributed by atoms with E-state index in [9.17, 15) is 4.79 Å². The van der Waals surface area contributed by atoms with Gasteiger partial charge < -0.3 is 4.74 Å². The molecule has 2 aromatic rings. The molecule has 98 valence electrons. The molecule has 1 aromatic heterocycles. The molecule has 0 aliphatic heterocycles. The molecule has 4 nitrogen and oxygen atoms in total. The van der Waals surface area contributed by atoms with Crippen molar-refractivity contribution in [1.82, 2.24) is 4.98 Å². The van der Waals surface area contributed by atoms with Gasteiger partial charge >= 0.3 is 0 Å². The smallest absolute Gasteiger partial charge is 0.250 e. The van der Waals surface area contributed by atoms with Crippen LogP contribution in [-0.4, -0.2) is 18.0 Å². The van der Waals surface area contributed by atoms with Gasteiger partial charge in [-0.25, -0.2) is 4.98 Å². The summed E-state index contributed by atoms with van der Waals surface area (Å²) < 4.78 is 5.98. The molecule has 6 heteroatoms. The average Bonchev–Trinajstić information content (AvgIpc) is 2.89. The number of nitrogens with one attached hydrogen (secondary N) is 1. The summed E-state index contributed by atoms with van der Waals surface area (Å²) in [4.78, 5) is 15.6. The number of anilines is 1. The van der Waals surface area contributed by atoms with Crippen LogP contribution < -0.4 is 10.1 Å². The van der Waals surface area contributed by atoms with Gasteiger partial charge in [-0.1, -0.05) is 6.07 Å². The molecule has 0 fully saturated rings. The SMILES string of the molecule is COc1ccc(C=CC(=O)Nc2nccs2)cc1Br. The van der Waals surface area contributed by atoms with Crippen molar-refractivity contribution in [2.75, 3.05) is 12.4 Å². The molecule has 2 rings (SSSR count). The maximum Gasteiger partial charge on any atom is 0.250 e. The molecule has 0 aliphatic rings. The number of ether oxygens (including phenoxy) is 1. The summed E-state index contributed by atoms with van der Waals surface area (Å²) in [6.07, 6.45) is 4.84. The first-order chi connectivity index (χ1) is 9.19. The fourth-order valence-electron chi connectivity index (χ4n) is 1.39. The summed E-state index contributed by atoms with van der Waals surface area (Å²) in [5, 5.41) is 5.07. The molecule has 1 heterocycles. The lowest BCUT2D eigenvalue weighted by Gasteiger charge is -2.03. The van der Waals surface area contributed by atoms with Crippen molar-refractivity contribution in [3.05, 3.63) is 45.9 Å². The Morgan fingerprint density at radius 2 is 2.37 bits per heavy atom. The Morgan fingerprint density at radius 1 is 1.53 bits per heavy atom. The van der Waals surface area contributed by atoms with E-state index < -0.39 is 0 Å². The van der Waals surface area contributed by atoms with Crippen molar-refractivity contribution >= 4 is 44.4 Å². The van der Waals surface area contributed by atoms with Crippen LogP contribution in [0.2, 0.25) is 0 Å². The van der Waals surface area contributed by atoms with Crippen LogP contribution in [0.5, 0.6) is 5.75 Å². The van der Waals surface area contributed by atoms with Gasteiger partial charge in [0.1, 0.15) is 5.75 Å². The van der Waals surface area contributed by atoms with Gasteiger partial charge in [0.15, 0.2) is 5.13 Å². The quantitative estimate of drug-likeness (QED) is 0.867. The van der Waals surface area contributed by atoms with E-state index in [1.807, 2.05) is 18.2 Å². The predicted molar refractivity (Wildman–Crippen MR) is 80.5 cm³/mol. The first-order valence-electron chi connectivity index (χ1n) is 5.41. The lowest BCUT2D eigenvalue weighted by Crippen LogP contribution is -2.07. The first-order valence-corrected chi connectivity index (χ1v) is 7.08. The maximum atomic E-state index is 11.6. The molecule has 0 radical (unpaired) electrons. The Bertz CT molecular complexity index is 597. The largest absolute Gasteiger partial charge is 0.496 e. The third-order valence-corrected chi connectivity index (χ3v) is 3.57. The van der Waals surface area contributed by atoms with E-state index in [4.69, 9.17) is 4.74 Å². The Hall–Kier alpha value is -1.66. The summed E-state index contributed by atoms with van der Waals surface area (Å²) in [5.74, 6) is 0.547. The monoisotopic (exact) mass is 338 g/mol. The Labute approximate surface area is 123 Å². The van der Waals surface area contributed by atoms with Crippen LogP contribution in [0.3, 0.4) is 0 Å². The van der Waals surface area contributed by atoms with Crippen LogP contribution in [0.1, 0.15) is 5.56 Å². The molecular weight excluding hydrogens is 328 g/mol. The van der Waals surface area contributed by atoms with Gasteiger partial charge in [-0.15, -0.1) is 11.3 Å². The third kappa shape index (κ3) is 3.90. The standard InChI is InChI=1S/C13H11BrN2O2S/c1-18-11-4-2-9(8-10(11)14)3-5-12(17)16-13-15-6-7-19-13/h2-8H,1H3,(H,15,16,17). The average molecular weight is 339 g/mol. The number of amides is 1. The molecular formula is C13H11BrN2O2S. The van der Waals surface area contributed by atoms with Crippen LogP contribution in [0, 0.1) is 0 Å². The number of nitrogens with zero attached hydrogens (tertiary/aromatic N) is 1. The van der Waals surface area contributed by atoms with Crippen LogP contribution in [-0.2, 0) is 4.79 Å². The number of thiazole rings is 1. The minimum atomic E-state index is -0.207. The zero-order valence-electron chi connectivity index (χ0n) is 10.1. The van der Waals surface area contributed by atoms with Gasteiger partial charge in [-0.05, 0) is 39.7 Å². The Kier molecular flexibility index (Phi) is 4.70. The second-order valence-electron chi connectivity index (χ2n) is 3.55. The van der Waals surface area contributed by atoms with Crippen molar-refractivity contribution in [3.63, 3.8) is 0 Å². The number of methoxy groups -OCH3 is 1. The van der Waals surface area contributed by atoms with Crippen molar-refractivity contribution in [3.8, 4) is 5.75 Å². The van der Waals surface area contributed by atoms with E-state index in [-0.39, 0.29) is 5.91 Å². The predicted octanol–water partition coefficient (Wildman–Crippen LogP) is 3.57. The number of benzene rings is 1. The first kappa shape index (κ1) is 13.8. The zero-order valence-corrected chi connectivity index (χ0v) is 12.5. The summed E-state index contributed by atoms with van der Waals surface area (Å²) in [5.41, 5.74) is 0.905.